The number of rotatable bonds is 7. The van der Waals surface area contributed by atoms with Gasteiger partial charge in [0.1, 0.15) is 11.5 Å². The van der Waals surface area contributed by atoms with Crippen LogP contribution in [0, 0.1) is 5.92 Å². The van der Waals surface area contributed by atoms with E-state index in [0.29, 0.717) is 5.92 Å². The second kappa shape index (κ2) is 6.58. The normalized spacial score (nSPS) is 23.8. The highest BCUT2D eigenvalue weighted by molar-refractivity contribution is 5.69. The molecule has 5 nitrogen and oxygen atoms in total. The van der Waals surface area contributed by atoms with Crippen molar-refractivity contribution in [1.29, 1.82) is 0 Å². The molecule has 2 N–H and O–H groups in total. The molecule has 0 saturated heterocycles. The van der Waals surface area contributed by atoms with E-state index in [1.54, 1.807) is 0 Å². The highest BCUT2D eigenvalue weighted by atomic mass is 19.4. The SMILES string of the molecule is O=C(O)CN(CC1CC1)C1CC(Nc2cccc(C(F)(F)F)n2)C1. The lowest BCUT2D eigenvalue weighted by molar-refractivity contribution is -0.141. The molecule has 2 saturated carbocycles. The van der Waals surface area contributed by atoms with Crippen molar-refractivity contribution in [1.82, 2.24) is 9.88 Å². The fourth-order valence-electron chi connectivity index (χ4n) is 3.03. The maximum atomic E-state index is 12.7. The Morgan fingerprint density at radius 1 is 1.33 bits per heavy atom. The second-order valence-electron chi connectivity index (χ2n) is 6.64. The van der Waals surface area contributed by atoms with Gasteiger partial charge in [0, 0.05) is 18.6 Å². The molecule has 0 unspecified atom stereocenters. The Balaban J connectivity index is 1.53. The van der Waals surface area contributed by atoms with Gasteiger partial charge in [-0.15, -0.1) is 0 Å². The van der Waals surface area contributed by atoms with Crippen molar-refractivity contribution < 1.29 is 23.1 Å². The number of halogens is 3. The summed E-state index contributed by atoms with van der Waals surface area (Å²) in [4.78, 5) is 16.6. The number of hydrogen-bond donors (Lipinski definition) is 2. The number of anilines is 1. The number of carbonyl (C=O) groups is 1. The maximum Gasteiger partial charge on any atom is 0.433 e. The van der Waals surface area contributed by atoms with E-state index in [2.05, 4.69) is 10.3 Å². The fourth-order valence-corrected chi connectivity index (χ4v) is 3.03. The predicted octanol–water partition coefficient (Wildman–Crippen LogP) is 2.84. The summed E-state index contributed by atoms with van der Waals surface area (Å²) in [6.45, 7) is 0.821. The molecule has 0 aromatic carbocycles. The van der Waals surface area contributed by atoms with Gasteiger partial charge in [0.2, 0.25) is 0 Å². The molecule has 0 radical (unpaired) electrons. The third-order valence-corrected chi connectivity index (χ3v) is 4.55. The van der Waals surface area contributed by atoms with E-state index >= 15 is 0 Å². The van der Waals surface area contributed by atoms with Crippen LogP contribution in [0.2, 0.25) is 0 Å². The van der Waals surface area contributed by atoms with Crippen molar-refractivity contribution in [3.05, 3.63) is 23.9 Å². The minimum Gasteiger partial charge on any atom is -0.480 e. The number of hydrogen-bond acceptors (Lipinski definition) is 4. The number of aromatic nitrogens is 1. The summed E-state index contributed by atoms with van der Waals surface area (Å²) in [7, 11) is 0. The molecule has 0 amide bonds. The molecule has 0 bridgehead atoms. The van der Waals surface area contributed by atoms with Gasteiger partial charge in [0.25, 0.3) is 0 Å². The number of pyridine rings is 1. The summed E-state index contributed by atoms with van der Waals surface area (Å²) in [6.07, 6.45) is -0.713. The molecule has 0 aliphatic heterocycles. The van der Waals surface area contributed by atoms with Crippen LogP contribution in [-0.4, -0.2) is 46.1 Å². The number of nitrogens with one attached hydrogen (secondary N) is 1. The largest absolute Gasteiger partial charge is 0.480 e. The molecule has 0 spiro atoms. The Kier molecular flexibility index (Phi) is 4.67. The standard InChI is InChI=1S/C16H20F3N3O2/c17-16(18,19)13-2-1-3-14(21-13)20-11-6-12(7-11)22(9-15(23)24)8-10-4-5-10/h1-3,10-12H,4-9H2,(H,20,21)(H,23,24). The minimum atomic E-state index is -4.46. The lowest BCUT2D eigenvalue weighted by Gasteiger charge is -2.43. The average Bonchev–Trinajstić information content (AvgIpc) is 3.24. The molecule has 24 heavy (non-hydrogen) atoms. The molecule has 1 aromatic heterocycles. The number of carboxylic acids is 1. The Bertz CT molecular complexity index is 598. The van der Waals surface area contributed by atoms with Gasteiger partial charge in [-0.05, 0) is 43.7 Å². The first-order valence-corrected chi connectivity index (χ1v) is 8.08. The molecular weight excluding hydrogens is 323 g/mol. The van der Waals surface area contributed by atoms with Gasteiger partial charge in [-0.3, -0.25) is 9.69 Å². The summed E-state index contributed by atoms with van der Waals surface area (Å²) in [5.41, 5.74) is -0.912. The van der Waals surface area contributed by atoms with E-state index < -0.39 is 17.8 Å². The van der Waals surface area contributed by atoms with Crippen LogP contribution in [0.25, 0.3) is 0 Å². The first-order chi connectivity index (χ1) is 11.3. The van der Waals surface area contributed by atoms with E-state index in [0.717, 1.165) is 38.3 Å². The molecular formula is C16H20F3N3O2. The average molecular weight is 343 g/mol. The third kappa shape index (κ3) is 4.37. The number of aliphatic carboxylic acids is 1. The van der Waals surface area contributed by atoms with Crippen LogP contribution in [0.1, 0.15) is 31.4 Å². The van der Waals surface area contributed by atoms with E-state index in [1.165, 1.54) is 12.1 Å². The Labute approximate surface area is 137 Å². The van der Waals surface area contributed by atoms with Crippen LogP contribution < -0.4 is 5.32 Å². The van der Waals surface area contributed by atoms with Crippen molar-refractivity contribution in [2.24, 2.45) is 5.92 Å². The highest BCUT2D eigenvalue weighted by Gasteiger charge is 2.37. The van der Waals surface area contributed by atoms with Gasteiger partial charge in [-0.2, -0.15) is 13.2 Å². The lowest BCUT2D eigenvalue weighted by atomic mass is 9.85. The van der Waals surface area contributed by atoms with Crippen LogP contribution in [0.4, 0.5) is 19.0 Å². The quantitative estimate of drug-likeness (QED) is 0.797. The number of nitrogens with zero attached hydrogens (tertiary/aromatic N) is 2. The molecule has 8 heteroatoms. The minimum absolute atomic E-state index is 0.0235. The van der Waals surface area contributed by atoms with Crippen LogP contribution >= 0.6 is 0 Å². The number of alkyl halides is 3. The Hall–Kier alpha value is -1.83. The molecule has 2 fully saturated rings. The molecule has 1 heterocycles. The smallest absolute Gasteiger partial charge is 0.433 e. The van der Waals surface area contributed by atoms with E-state index in [-0.39, 0.29) is 24.4 Å². The van der Waals surface area contributed by atoms with Crippen LogP contribution in [-0.2, 0) is 11.0 Å². The van der Waals surface area contributed by atoms with Gasteiger partial charge >= 0.3 is 12.1 Å². The zero-order valence-electron chi connectivity index (χ0n) is 13.1. The highest BCUT2D eigenvalue weighted by Crippen LogP contribution is 2.35. The van der Waals surface area contributed by atoms with Crippen LogP contribution in [0.3, 0.4) is 0 Å². The topological polar surface area (TPSA) is 65.5 Å². The van der Waals surface area contributed by atoms with Crippen molar-refractivity contribution in [2.75, 3.05) is 18.4 Å². The second-order valence-corrected chi connectivity index (χ2v) is 6.64. The van der Waals surface area contributed by atoms with E-state index in [1.807, 2.05) is 4.90 Å². The monoisotopic (exact) mass is 343 g/mol. The number of carboxylic acid groups (broad SMARTS) is 1. The Morgan fingerprint density at radius 2 is 2.04 bits per heavy atom. The summed E-state index contributed by atoms with van der Waals surface area (Å²) < 4.78 is 38.0. The summed E-state index contributed by atoms with van der Waals surface area (Å²) in [5.74, 6) is -0.0339. The van der Waals surface area contributed by atoms with Crippen molar-refractivity contribution >= 4 is 11.8 Å². The summed E-state index contributed by atoms with van der Waals surface area (Å²) >= 11 is 0. The molecule has 132 valence electrons. The van der Waals surface area contributed by atoms with Gasteiger partial charge in [0.05, 0.1) is 6.54 Å². The predicted molar refractivity (Wildman–Crippen MR) is 81.6 cm³/mol. The third-order valence-electron chi connectivity index (χ3n) is 4.55. The van der Waals surface area contributed by atoms with Crippen molar-refractivity contribution in [2.45, 2.75) is 43.9 Å². The Morgan fingerprint density at radius 3 is 2.62 bits per heavy atom. The molecule has 1 aromatic rings. The van der Waals surface area contributed by atoms with Crippen molar-refractivity contribution in [3.63, 3.8) is 0 Å². The van der Waals surface area contributed by atoms with Gasteiger partial charge in [-0.25, -0.2) is 4.98 Å². The van der Waals surface area contributed by atoms with Gasteiger partial charge in [-0.1, -0.05) is 6.07 Å². The van der Waals surface area contributed by atoms with Gasteiger partial charge in [0.15, 0.2) is 0 Å². The van der Waals surface area contributed by atoms with E-state index in [9.17, 15) is 18.0 Å². The van der Waals surface area contributed by atoms with Gasteiger partial charge < -0.3 is 10.4 Å². The molecule has 0 atom stereocenters. The molecule has 3 rings (SSSR count). The lowest BCUT2D eigenvalue weighted by Crippen LogP contribution is -2.52. The first-order valence-electron chi connectivity index (χ1n) is 8.08. The first kappa shape index (κ1) is 17.0. The summed E-state index contributed by atoms with van der Waals surface area (Å²) in [6, 6.07) is 3.99. The molecule has 2 aliphatic rings. The van der Waals surface area contributed by atoms with Crippen LogP contribution in [0.15, 0.2) is 18.2 Å². The van der Waals surface area contributed by atoms with Crippen molar-refractivity contribution in [3.8, 4) is 0 Å². The zero-order valence-corrected chi connectivity index (χ0v) is 13.1. The fraction of sp³-hybridized carbons (Fsp3) is 0.625. The zero-order chi connectivity index (χ0) is 17.3. The summed E-state index contributed by atoms with van der Waals surface area (Å²) in [5, 5.41) is 12.0. The van der Waals surface area contributed by atoms with Crippen LogP contribution in [0.5, 0.6) is 0 Å². The van der Waals surface area contributed by atoms with E-state index in [4.69, 9.17) is 5.11 Å². The molecule has 2 aliphatic carbocycles. The maximum absolute atomic E-state index is 12.7.